The summed E-state index contributed by atoms with van der Waals surface area (Å²) >= 11 is 1.47. The third kappa shape index (κ3) is 2.85. The van der Waals surface area contributed by atoms with Gasteiger partial charge in [0.25, 0.3) is 0 Å². The molecule has 0 radical (unpaired) electrons. The first-order chi connectivity index (χ1) is 10.3. The van der Waals surface area contributed by atoms with E-state index in [4.69, 9.17) is 0 Å². The monoisotopic (exact) mass is 294 g/mol. The predicted octanol–water partition coefficient (Wildman–Crippen LogP) is 3.97. The molecule has 3 rings (SSSR count). The lowest BCUT2D eigenvalue weighted by atomic mass is 10.3. The molecule has 0 spiro atoms. The highest BCUT2D eigenvalue weighted by Gasteiger charge is 2.11. The summed E-state index contributed by atoms with van der Waals surface area (Å²) in [6, 6.07) is 19.6. The van der Waals surface area contributed by atoms with E-state index in [2.05, 4.69) is 4.99 Å². The molecule has 0 bridgehead atoms. The molecule has 0 aliphatic carbocycles. The molecule has 21 heavy (non-hydrogen) atoms. The van der Waals surface area contributed by atoms with Gasteiger partial charge in [-0.05, 0) is 24.3 Å². The number of hydrogen-bond donors (Lipinski definition) is 0. The molecule has 0 aliphatic heterocycles. The molecular weight excluding hydrogens is 280 g/mol. The van der Waals surface area contributed by atoms with Gasteiger partial charge >= 0.3 is 0 Å². The molecule has 0 atom stereocenters. The van der Waals surface area contributed by atoms with Gasteiger partial charge in [0.05, 0.1) is 5.69 Å². The molecule has 3 nitrogen and oxygen atoms in total. The van der Waals surface area contributed by atoms with Crippen LogP contribution in [0.15, 0.2) is 71.0 Å². The van der Waals surface area contributed by atoms with Crippen LogP contribution in [0.2, 0.25) is 0 Å². The highest BCUT2D eigenvalue weighted by Crippen LogP contribution is 2.14. The second-order valence-electron chi connectivity index (χ2n) is 4.58. The summed E-state index contributed by atoms with van der Waals surface area (Å²) in [4.78, 5) is 17.3. The van der Waals surface area contributed by atoms with Crippen molar-refractivity contribution >= 4 is 22.8 Å². The molecule has 0 fully saturated rings. The number of thiazole rings is 1. The van der Waals surface area contributed by atoms with E-state index in [1.807, 2.05) is 70.6 Å². The number of nitrogens with zero attached hydrogens (tertiary/aromatic N) is 2. The second kappa shape index (κ2) is 5.89. The van der Waals surface area contributed by atoms with Crippen LogP contribution >= 0.6 is 11.3 Å². The Morgan fingerprint density at radius 3 is 2.24 bits per heavy atom. The van der Waals surface area contributed by atoms with Crippen LogP contribution in [-0.2, 0) is 0 Å². The summed E-state index contributed by atoms with van der Waals surface area (Å²) in [5.41, 5.74) is 2.47. The molecular formula is C17H14N2OS. The number of aromatic nitrogens is 1. The minimum Gasteiger partial charge on any atom is -0.293 e. The van der Waals surface area contributed by atoms with Crippen LogP contribution in [0.25, 0.3) is 5.69 Å². The molecule has 0 unspecified atom stereocenters. The van der Waals surface area contributed by atoms with Gasteiger partial charge in [-0.1, -0.05) is 36.4 Å². The van der Waals surface area contributed by atoms with Gasteiger partial charge in [-0.15, -0.1) is 11.3 Å². The number of hydrogen-bond acceptors (Lipinski definition) is 3. The molecule has 1 heterocycles. The number of para-hydroxylation sites is 2. The Kier molecular flexibility index (Phi) is 3.79. The molecule has 104 valence electrons. The fraction of sp³-hybridized carbons (Fsp3) is 0.0588. The number of Topliss-reactive ketones (excluding diaryl/α,β-unsaturated/α-hetero) is 1. The highest BCUT2D eigenvalue weighted by molar-refractivity contribution is 7.07. The van der Waals surface area contributed by atoms with Gasteiger partial charge in [0.15, 0.2) is 10.6 Å². The number of benzene rings is 2. The lowest BCUT2D eigenvalue weighted by Gasteiger charge is -2.06. The van der Waals surface area contributed by atoms with Gasteiger partial charge in [-0.2, -0.15) is 0 Å². The SMILES string of the molecule is CC(=O)c1csc(=Nc2ccccc2)n1-c1ccccc1. The van der Waals surface area contributed by atoms with Crippen LogP contribution in [0.3, 0.4) is 0 Å². The molecule has 3 aromatic rings. The van der Waals surface area contributed by atoms with E-state index < -0.39 is 0 Å². The van der Waals surface area contributed by atoms with Crippen LogP contribution in [0.5, 0.6) is 0 Å². The van der Waals surface area contributed by atoms with Crippen LogP contribution in [0.4, 0.5) is 5.69 Å². The molecule has 0 saturated heterocycles. The van der Waals surface area contributed by atoms with Crippen molar-refractivity contribution in [2.45, 2.75) is 6.92 Å². The summed E-state index contributed by atoms with van der Waals surface area (Å²) in [5, 5.41) is 1.86. The fourth-order valence-electron chi connectivity index (χ4n) is 2.07. The second-order valence-corrected chi connectivity index (χ2v) is 5.41. The maximum Gasteiger partial charge on any atom is 0.195 e. The minimum absolute atomic E-state index is 0.0321. The van der Waals surface area contributed by atoms with Gasteiger partial charge in [0, 0.05) is 18.0 Å². The normalized spacial score (nSPS) is 11.6. The summed E-state index contributed by atoms with van der Waals surface area (Å²) in [6.45, 7) is 1.58. The summed E-state index contributed by atoms with van der Waals surface area (Å²) in [7, 11) is 0. The Hall–Kier alpha value is -2.46. The van der Waals surface area contributed by atoms with E-state index in [9.17, 15) is 4.79 Å². The average Bonchev–Trinajstić information content (AvgIpc) is 2.93. The van der Waals surface area contributed by atoms with Crippen LogP contribution in [-0.4, -0.2) is 10.4 Å². The van der Waals surface area contributed by atoms with Crippen molar-refractivity contribution in [2.75, 3.05) is 0 Å². The number of rotatable bonds is 3. The molecule has 0 amide bonds. The first-order valence-electron chi connectivity index (χ1n) is 6.62. The maximum absolute atomic E-state index is 11.8. The van der Waals surface area contributed by atoms with E-state index in [1.54, 1.807) is 6.92 Å². The van der Waals surface area contributed by atoms with Gasteiger partial charge in [-0.3, -0.25) is 9.36 Å². The zero-order valence-electron chi connectivity index (χ0n) is 11.6. The Morgan fingerprint density at radius 1 is 1.00 bits per heavy atom. The van der Waals surface area contributed by atoms with Gasteiger partial charge < -0.3 is 0 Å². The van der Waals surface area contributed by atoms with E-state index in [0.29, 0.717) is 5.69 Å². The van der Waals surface area contributed by atoms with Crippen molar-refractivity contribution in [3.05, 3.63) is 76.5 Å². The minimum atomic E-state index is 0.0321. The van der Waals surface area contributed by atoms with Crippen molar-refractivity contribution in [1.29, 1.82) is 0 Å². The molecule has 0 saturated carbocycles. The summed E-state index contributed by atoms with van der Waals surface area (Å²) in [6.07, 6.45) is 0. The van der Waals surface area contributed by atoms with Gasteiger partial charge in [0.1, 0.15) is 5.69 Å². The third-order valence-electron chi connectivity index (χ3n) is 3.06. The first kappa shape index (κ1) is 13.5. The van der Waals surface area contributed by atoms with Crippen LogP contribution < -0.4 is 4.80 Å². The topological polar surface area (TPSA) is 34.4 Å². The van der Waals surface area contributed by atoms with Crippen LogP contribution in [0.1, 0.15) is 17.4 Å². The van der Waals surface area contributed by atoms with E-state index in [1.165, 1.54) is 11.3 Å². The third-order valence-corrected chi connectivity index (χ3v) is 3.89. The fourth-order valence-corrected chi connectivity index (χ4v) is 3.03. The predicted molar refractivity (Wildman–Crippen MR) is 85.3 cm³/mol. The van der Waals surface area contributed by atoms with E-state index in [0.717, 1.165) is 16.2 Å². The smallest absolute Gasteiger partial charge is 0.195 e. The number of ketones is 1. The Balaban J connectivity index is 2.23. The molecule has 0 N–H and O–H groups in total. The van der Waals surface area contributed by atoms with Crippen LogP contribution in [0, 0.1) is 0 Å². The molecule has 2 aromatic carbocycles. The lowest BCUT2D eigenvalue weighted by Crippen LogP contribution is -2.17. The van der Waals surface area contributed by atoms with Gasteiger partial charge in [-0.25, -0.2) is 4.99 Å². The van der Waals surface area contributed by atoms with Crippen molar-refractivity contribution < 1.29 is 4.79 Å². The van der Waals surface area contributed by atoms with Crippen molar-refractivity contribution in [2.24, 2.45) is 4.99 Å². The Labute approximate surface area is 126 Å². The molecule has 1 aromatic heterocycles. The van der Waals surface area contributed by atoms with E-state index >= 15 is 0 Å². The largest absolute Gasteiger partial charge is 0.293 e. The molecule has 0 aliphatic rings. The quantitative estimate of drug-likeness (QED) is 0.673. The zero-order valence-corrected chi connectivity index (χ0v) is 12.4. The Bertz CT molecular complexity index is 817. The standard InChI is InChI=1S/C17H14N2OS/c1-13(20)16-12-21-17(18-14-8-4-2-5-9-14)19(16)15-10-6-3-7-11-15/h2-12H,1H3. The summed E-state index contributed by atoms with van der Waals surface area (Å²) < 4.78 is 1.90. The Morgan fingerprint density at radius 2 is 1.62 bits per heavy atom. The molecule has 4 heteroatoms. The zero-order chi connectivity index (χ0) is 14.7. The maximum atomic E-state index is 11.8. The first-order valence-corrected chi connectivity index (χ1v) is 7.50. The van der Waals surface area contributed by atoms with Crippen molar-refractivity contribution in [1.82, 2.24) is 4.57 Å². The highest BCUT2D eigenvalue weighted by atomic mass is 32.1. The number of carbonyl (C=O) groups excluding carboxylic acids is 1. The van der Waals surface area contributed by atoms with Gasteiger partial charge in [0.2, 0.25) is 0 Å². The van der Waals surface area contributed by atoms with E-state index in [-0.39, 0.29) is 5.78 Å². The average molecular weight is 294 g/mol. The van der Waals surface area contributed by atoms with Crippen molar-refractivity contribution in [3.8, 4) is 5.69 Å². The summed E-state index contributed by atoms with van der Waals surface area (Å²) in [5.74, 6) is 0.0321. The van der Waals surface area contributed by atoms with Crippen molar-refractivity contribution in [3.63, 3.8) is 0 Å². The number of carbonyl (C=O) groups is 1. The lowest BCUT2D eigenvalue weighted by molar-refractivity contribution is 0.101.